The minimum Gasteiger partial charge on any atom is -0.393 e. The van der Waals surface area contributed by atoms with Gasteiger partial charge in [-0.2, -0.15) is 5.10 Å². The van der Waals surface area contributed by atoms with Gasteiger partial charge < -0.3 is 14.6 Å². The Bertz CT molecular complexity index is 539. The maximum absolute atomic E-state index is 10.1. The highest BCUT2D eigenvalue weighted by Gasteiger charge is 2.12. The molecule has 0 aliphatic heterocycles. The van der Waals surface area contributed by atoms with Gasteiger partial charge in [0, 0.05) is 32.6 Å². The number of aliphatic hydroxyl groups is 1. The van der Waals surface area contributed by atoms with Gasteiger partial charge in [0.15, 0.2) is 0 Å². The van der Waals surface area contributed by atoms with E-state index in [4.69, 9.17) is 9.47 Å². The van der Waals surface area contributed by atoms with E-state index in [-0.39, 0.29) is 0 Å². The summed E-state index contributed by atoms with van der Waals surface area (Å²) in [5.74, 6) is 0. The van der Waals surface area contributed by atoms with Gasteiger partial charge in [0.1, 0.15) is 0 Å². The van der Waals surface area contributed by atoms with Crippen molar-refractivity contribution in [2.24, 2.45) is 7.05 Å². The summed E-state index contributed by atoms with van der Waals surface area (Å²) in [6.45, 7) is 1.69. The monoisotopic (exact) mass is 278 g/mol. The fourth-order valence-electron chi connectivity index (χ4n) is 2.23. The molecule has 1 aromatic heterocycles. The lowest BCUT2D eigenvalue weighted by Crippen LogP contribution is -2.15. The van der Waals surface area contributed by atoms with Gasteiger partial charge in [-0.3, -0.25) is 4.68 Å². The van der Waals surface area contributed by atoms with Crippen LogP contribution in [-0.4, -0.2) is 47.9 Å². The molecule has 0 spiro atoms. The lowest BCUT2D eigenvalue weighted by Gasteiger charge is -2.09. The van der Waals surface area contributed by atoms with Crippen molar-refractivity contribution in [1.82, 2.24) is 9.78 Å². The zero-order valence-electron chi connectivity index (χ0n) is 12.1. The third kappa shape index (κ3) is 3.79. The fraction of sp³-hybridized carbons (Fsp3) is 0.533. The second-order valence-electron chi connectivity index (χ2n) is 4.84. The van der Waals surface area contributed by atoms with E-state index < -0.39 is 6.10 Å². The van der Waals surface area contributed by atoms with Crippen LogP contribution in [-0.2, 0) is 22.9 Å². The summed E-state index contributed by atoms with van der Waals surface area (Å²) in [6, 6.07) is 8.06. The topological polar surface area (TPSA) is 56.5 Å². The summed E-state index contributed by atoms with van der Waals surface area (Å²) in [5.41, 5.74) is 2.03. The van der Waals surface area contributed by atoms with E-state index in [0.29, 0.717) is 32.7 Å². The molecule has 20 heavy (non-hydrogen) atoms. The quantitative estimate of drug-likeness (QED) is 0.744. The first kappa shape index (κ1) is 15.0. The molecule has 0 aliphatic rings. The van der Waals surface area contributed by atoms with Crippen LogP contribution in [0.3, 0.4) is 0 Å². The van der Waals surface area contributed by atoms with Crippen LogP contribution in [0.5, 0.6) is 0 Å². The number of aliphatic hydroxyl groups excluding tert-OH is 1. The van der Waals surface area contributed by atoms with Crippen LogP contribution in [0.4, 0.5) is 0 Å². The van der Waals surface area contributed by atoms with Crippen molar-refractivity contribution in [3.05, 3.63) is 30.0 Å². The predicted octanol–water partition coefficient (Wildman–Crippen LogP) is 1.53. The van der Waals surface area contributed by atoms with Crippen LogP contribution in [0.25, 0.3) is 10.9 Å². The van der Waals surface area contributed by atoms with Crippen molar-refractivity contribution in [3.8, 4) is 0 Å². The lowest BCUT2D eigenvalue weighted by molar-refractivity contribution is 0.0477. The van der Waals surface area contributed by atoms with Gasteiger partial charge in [-0.15, -0.1) is 0 Å². The maximum Gasteiger partial charge on any atom is 0.0728 e. The van der Waals surface area contributed by atoms with Gasteiger partial charge in [-0.25, -0.2) is 0 Å². The van der Waals surface area contributed by atoms with Crippen LogP contribution in [0.15, 0.2) is 24.3 Å². The Morgan fingerprint density at radius 3 is 2.85 bits per heavy atom. The second kappa shape index (κ2) is 7.38. The Kier molecular flexibility index (Phi) is 5.52. The molecule has 1 N–H and O–H groups in total. The summed E-state index contributed by atoms with van der Waals surface area (Å²) in [6.07, 6.45) is 0.722. The Morgan fingerprint density at radius 2 is 2.05 bits per heavy atom. The Balaban J connectivity index is 1.88. The number of para-hydroxylation sites is 1. The third-order valence-corrected chi connectivity index (χ3v) is 3.29. The zero-order chi connectivity index (χ0) is 14.4. The number of ether oxygens (including phenoxy) is 2. The van der Waals surface area contributed by atoms with E-state index in [2.05, 4.69) is 5.10 Å². The van der Waals surface area contributed by atoms with Crippen LogP contribution in [0.1, 0.15) is 12.1 Å². The number of hydrogen-bond donors (Lipinski definition) is 1. The molecule has 1 atom stereocenters. The molecule has 0 saturated carbocycles. The number of rotatable bonds is 8. The molecular weight excluding hydrogens is 256 g/mol. The summed E-state index contributed by atoms with van der Waals surface area (Å²) in [7, 11) is 3.57. The largest absolute Gasteiger partial charge is 0.393 e. The van der Waals surface area contributed by atoms with Gasteiger partial charge in [0.25, 0.3) is 0 Å². The minimum atomic E-state index is -0.434. The number of methoxy groups -OCH3 is 1. The molecule has 2 aromatic rings. The molecule has 1 aromatic carbocycles. The zero-order valence-corrected chi connectivity index (χ0v) is 12.1. The van der Waals surface area contributed by atoms with E-state index in [0.717, 1.165) is 16.6 Å². The summed E-state index contributed by atoms with van der Waals surface area (Å²) in [5, 5.41) is 15.7. The van der Waals surface area contributed by atoms with Crippen molar-refractivity contribution >= 4 is 10.9 Å². The molecule has 0 amide bonds. The molecule has 110 valence electrons. The summed E-state index contributed by atoms with van der Waals surface area (Å²) < 4.78 is 12.1. The fourth-order valence-corrected chi connectivity index (χ4v) is 2.23. The molecule has 0 aliphatic carbocycles. The number of nitrogens with zero attached hydrogens (tertiary/aromatic N) is 2. The molecular formula is C15H22N2O3. The van der Waals surface area contributed by atoms with Gasteiger partial charge in [-0.05, 0) is 12.5 Å². The van der Waals surface area contributed by atoms with E-state index in [1.165, 1.54) is 0 Å². The first-order chi connectivity index (χ1) is 9.72. The number of fused-ring (bicyclic) bond motifs is 1. The SMILES string of the molecule is COCCOCCC(O)Cc1nn(C)c2ccccc12. The molecule has 1 heterocycles. The maximum atomic E-state index is 10.1. The lowest BCUT2D eigenvalue weighted by atomic mass is 10.1. The van der Waals surface area contributed by atoms with Gasteiger partial charge in [-0.1, -0.05) is 18.2 Å². The molecule has 2 rings (SSSR count). The van der Waals surface area contributed by atoms with Crippen molar-refractivity contribution in [3.63, 3.8) is 0 Å². The number of aryl methyl sites for hydroxylation is 1. The highest BCUT2D eigenvalue weighted by Crippen LogP contribution is 2.19. The van der Waals surface area contributed by atoms with Crippen LogP contribution < -0.4 is 0 Å². The second-order valence-corrected chi connectivity index (χ2v) is 4.84. The summed E-state index contributed by atoms with van der Waals surface area (Å²) in [4.78, 5) is 0. The minimum absolute atomic E-state index is 0.434. The normalized spacial score (nSPS) is 12.9. The van der Waals surface area contributed by atoms with Crippen molar-refractivity contribution in [2.75, 3.05) is 26.9 Å². The predicted molar refractivity (Wildman–Crippen MR) is 77.7 cm³/mol. The number of benzene rings is 1. The van der Waals surface area contributed by atoms with E-state index in [1.54, 1.807) is 7.11 Å². The molecule has 0 saturated heterocycles. The average molecular weight is 278 g/mol. The third-order valence-electron chi connectivity index (χ3n) is 3.29. The highest BCUT2D eigenvalue weighted by atomic mass is 16.5. The summed E-state index contributed by atoms with van der Waals surface area (Å²) >= 11 is 0. The van der Waals surface area contributed by atoms with Crippen molar-refractivity contribution in [2.45, 2.75) is 18.9 Å². The molecule has 0 bridgehead atoms. The molecule has 5 heteroatoms. The highest BCUT2D eigenvalue weighted by molar-refractivity contribution is 5.81. The Morgan fingerprint density at radius 1 is 1.25 bits per heavy atom. The first-order valence-corrected chi connectivity index (χ1v) is 6.87. The molecule has 0 radical (unpaired) electrons. The molecule has 1 unspecified atom stereocenters. The van der Waals surface area contributed by atoms with Gasteiger partial charge >= 0.3 is 0 Å². The van der Waals surface area contributed by atoms with E-state index >= 15 is 0 Å². The van der Waals surface area contributed by atoms with E-state index in [9.17, 15) is 5.11 Å². The van der Waals surface area contributed by atoms with Crippen molar-refractivity contribution in [1.29, 1.82) is 0 Å². The average Bonchev–Trinajstić information content (AvgIpc) is 2.76. The Hall–Kier alpha value is -1.43. The Labute approximate surface area is 119 Å². The number of hydrogen-bond acceptors (Lipinski definition) is 4. The molecule has 5 nitrogen and oxygen atoms in total. The van der Waals surface area contributed by atoms with Crippen LogP contribution in [0, 0.1) is 0 Å². The van der Waals surface area contributed by atoms with Crippen LogP contribution in [0.2, 0.25) is 0 Å². The van der Waals surface area contributed by atoms with Crippen LogP contribution >= 0.6 is 0 Å². The van der Waals surface area contributed by atoms with Gasteiger partial charge in [0.05, 0.1) is 30.5 Å². The van der Waals surface area contributed by atoms with Gasteiger partial charge in [0.2, 0.25) is 0 Å². The van der Waals surface area contributed by atoms with E-state index in [1.807, 2.05) is 36.0 Å². The van der Waals surface area contributed by atoms with Crippen molar-refractivity contribution < 1.29 is 14.6 Å². The smallest absolute Gasteiger partial charge is 0.0728 e. The number of aromatic nitrogens is 2. The molecule has 0 fully saturated rings. The first-order valence-electron chi connectivity index (χ1n) is 6.87. The standard InChI is InChI=1S/C15H22N2O3/c1-17-15-6-4-3-5-13(15)14(16-17)11-12(18)7-8-20-10-9-19-2/h3-6,12,18H,7-11H2,1-2H3.